The molecule has 152 valence electrons. The fraction of sp³-hybridized carbons (Fsp3) is 0.100. The van der Waals surface area contributed by atoms with Crippen molar-refractivity contribution in [3.8, 4) is 0 Å². The number of hydrogen-bond donors (Lipinski definition) is 1. The number of nitrogens with zero attached hydrogens (tertiary/aromatic N) is 1. The van der Waals surface area contributed by atoms with E-state index in [0.717, 1.165) is 11.8 Å². The summed E-state index contributed by atoms with van der Waals surface area (Å²) in [7, 11) is 0. The van der Waals surface area contributed by atoms with Gasteiger partial charge in [-0.25, -0.2) is 9.79 Å². The minimum atomic E-state index is -0.771. The highest BCUT2D eigenvalue weighted by Gasteiger charge is 2.32. The third kappa shape index (κ3) is 4.25. The summed E-state index contributed by atoms with van der Waals surface area (Å²) < 4.78 is 5.29. The lowest BCUT2D eigenvalue weighted by atomic mass is 10.2. The molecule has 4 rings (SSSR count). The van der Waals surface area contributed by atoms with Gasteiger partial charge in [-0.15, -0.1) is 0 Å². The van der Waals surface area contributed by atoms with Crippen molar-refractivity contribution in [1.29, 1.82) is 0 Å². The van der Waals surface area contributed by atoms with Crippen LogP contribution in [-0.4, -0.2) is 22.1 Å². The number of amides is 2. The maximum atomic E-state index is 12.4. The van der Waals surface area contributed by atoms with Crippen LogP contribution in [0.2, 0.25) is 15.1 Å². The molecule has 1 aromatic heterocycles. The predicted octanol–water partition coefficient (Wildman–Crippen LogP) is 5.17. The normalized spacial score (nSPS) is 16.0. The van der Waals surface area contributed by atoms with Gasteiger partial charge in [-0.1, -0.05) is 64.8 Å². The molecule has 0 saturated carbocycles. The standard InChI is InChI=1S/C20H11Cl3N2O4S/c21-11-6-13(23)14(7-12(11)22)24-17(26)8-16-18(27)25-19(30-16)10-5-9-3-1-2-4-15(9)29-20(10)28/h1-7,16H,8H2,(H,24,26). The zero-order chi connectivity index (χ0) is 21.4. The first-order valence-corrected chi connectivity index (χ1v) is 10.6. The molecule has 6 nitrogen and oxygen atoms in total. The Balaban J connectivity index is 1.49. The molecule has 1 atom stereocenters. The monoisotopic (exact) mass is 480 g/mol. The zero-order valence-electron chi connectivity index (χ0n) is 14.9. The van der Waals surface area contributed by atoms with Crippen molar-refractivity contribution in [1.82, 2.24) is 0 Å². The quantitative estimate of drug-likeness (QED) is 0.410. The van der Waals surface area contributed by atoms with Crippen LogP contribution in [-0.2, 0) is 9.59 Å². The van der Waals surface area contributed by atoms with Crippen molar-refractivity contribution in [2.75, 3.05) is 5.32 Å². The number of halogens is 3. The van der Waals surface area contributed by atoms with Crippen LogP contribution in [0.1, 0.15) is 12.0 Å². The lowest BCUT2D eigenvalue weighted by Gasteiger charge is -2.10. The average molecular weight is 482 g/mol. The van der Waals surface area contributed by atoms with Gasteiger partial charge in [-0.05, 0) is 24.3 Å². The van der Waals surface area contributed by atoms with E-state index in [1.807, 2.05) is 6.07 Å². The topological polar surface area (TPSA) is 88.7 Å². The number of benzene rings is 2. The van der Waals surface area contributed by atoms with E-state index in [1.165, 1.54) is 12.1 Å². The van der Waals surface area contributed by atoms with Crippen LogP contribution in [0.4, 0.5) is 5.69 Å². The number of para-hydroxylation sites is 1. The molecule has 0 aliphatic carbocycles. The van der Waals surface area contributed by atoms with Gasteiger partial charge < -0.3 is 9.73 Å². The third-order valence-corrected chi connectivity index (χ3v) is 6.49. The van der Waals surface area contributed by atoms with Crippen LogP contribution in [0.5, 0.6) is 0 Å². The number of aliphatic imine (C=N–C) groups is 1. The van der Waals surface area contributed by atoms with E-state index >= 15 is 0 Å². The van der Waals surface area contributed by atoms with E-state index in [4.69, 9.17) is 39.2 Å². The van der Waals surface area contributed by atoms with E-state index in [2.05, 4.69) is 10.3 Å². The van der Waals surface area contributed by atoms with Crippen molar-refractivity contribution >= 4 is 80.1 Å². The van der Waals surface area contributed by atoms with Gasteiger partial charge >= 0.3 is 5.63 Å². The fourth-order valence-electron chi connectivity index (χ4n) is 2.84. The molecule has 1 N–H and O–H groups in total. The first-order valence-electron chi connectivity index (χ1n) is 8.58. The van der Waals surface area contributed by atoms with Gasteiger partial charge in [-0.2, -0.15) is 0 Å². The number of rotatable bonds is 4. The largest absolute Gasteiger partial charge is 0.422 e. The van der Waals surface area contributed by atoms with E-state index in [1.54, 1.807) is 24.3 Å². The van der Waals surface area contributed by atoms with Gasteiger partial charge in [-0.3, -0.25) is 9.59 Å². The molecular formula is C20H11Cl3N2O4S. The van der Waals surface area contributed by atoms with Crippen LogP contribution in [0, 0.1) is 0 Å². The summed E-state index contributed by atoms with van der Waals surface area (Å²) in [6.07, 6.45) is -0.161. The SMILES string of the molecule is O=C(CC1SC(c2cc3ccccc3oc2=O)=NC1=O)Nc1cc(Cl)c(Cl)cc1Cl. The number of thioether (sulfide) groups is 1. The molecule has 1 aliphatic heterocycles. The molecule has 10 heteroatoms. The summed E-state index contributed by atoms with van der Waals surface area (Å²) >= 11 is 18.9. The Morgan fingerprint density at radius 2 is 1.80 bits per heavy atom. The first-order chi connectivity index (χ1) is 14.3. The summed E-state index contributed by atoms with van der Waals surface area (Å²) in [5.74, 6) is -0.957. The van der Waals surface area contributed by atoms with Gasteiger partial charge in [0.1, 0.15) is 15.9 Å². The number of nitrogens with one attached hydrogen (secondary N) is 1. The number of carbonyl (C=O) groups is 2. The van der Waals surface area contributed by atoms with Gasteiger partial charge in [0.15, 0.2) is 0 Å². The summed E-state index contributed by atoms with van der Waals surface area (Å²) in [6.45, 7) is 0. The molecule has 0 saturated heterocycles. The van der Waals surface area contributed by atoms with Gasteiger partial charge in [0.05, 0.1) is 26.3 Å². The first kappa shape index (κ1) is 20.9. The highest BCUT2D eigenvalue weighted by molar-refractivity contribution is 8.16. The van der Waals surface area contributed by atoms with Crippen LogP contribution in [0.3, 0.4) is 0 Å². The van der Waals surface area contributed by atoms with Crippen LogP contribution >= 0.6 is 46.6 Å². The van der Waals surface area contributed by atoms with Crippen LogP contribution in [0.25, 0.3) is 11.0 Å². The molecule has 30 heavy (non-hydrogen) atoms. The van der Waals surface area contributed by atoms with Crippen LogP contribution < -0.4 is 10.9 Å². The molecule has 2 aromatic carbocycles. The van der Waals surface area contributed by atoms with E-state index < -0.39 is 22.7 Å². The second-order valence-electron chi connectivity index (χ2n) is 6.35. The summed E-state index contributed by atoms with van der Waals surface area (Å²) in [5, 5.41) is 3.47. The summed E-state index contributed by atoms with van der Waals surface area (Å²) in [5.41, 5.74) is 0.307. The van der Waals surface area contributed by atoms with Gasteiger partial charge in [0.2, 0.25) is 5.91 Å². The maximum Gasteiger partial charge on any atom is 0.346 e. The lowest BCUT2D eigenvalue weighted by molar-refractivity contribution is -0.121. The van der Waals surface area contributed by atoms with Crippen molar-refractivity contribution < 1.29 is 14.0 Å². The second kappa shape index (κ2) is 8.43. The lowest BCUT2D eigenvalue weighted by Crippen LogP contribution is -2.21. The van der Waals surface area contributed by atoms with Crippen molar-refractivity contribution in [3.63, 3.8) is 0 Å². The third-order valence-electron chi connectivity index (χ3n) is 4.27. The molecule has 2 heterocycles. The van der Waals surface area contributed by atoms with Crippen molar-refractivity contribution in [2.24, 2.45) is 4.99 Å². The molecule has 2 amide bonds. The Labute approximate surface area is 189 Å². The number of carbonyl (C=O) groups excluding carboxylic acids is 2. The number of fused-ring (bicyclic) bond motifs is 1. The second-order valence-corrected chi connectivity index (χ2v) is 8.76. The number of anilines is 1. The molecule has 0 bridgehead atoms. The molecule has 0 fully saturated rings. The Bertz CT molecular complexity index is 1290. The molecule has 0 spiro atoms. The average Bonchev–Trinajstić information content (AvgIpc) is 3.05. The van der Waals surface area contributed by atoms with Crippen LogP contribution in [0.15, 0.2) is 56.7 Å². The van der Waals surface area contributed by atoms with Gasteiger partial charge in [0, 0.05) is 11.8 Å². The molecule has 1 unspecified atom stereocenters. The zero-order valence-corrected chi connectivity index (χ0v) is 18.0. The Morgan fingerprint density at radius 3 is 2.60 bits per heavy atom. The Morgan fingerprint density at radius 1 is 1.07 bits per heavy atom. The molecular weight excluding hydrogens is 471 g/mol. The van der Waals surface area contributed by atoms with E-state index in [-0.39, 0.29) is 37.8 Å². The Hall–Kier alpha value is -2.32. The maximum absolute atomic E-state index is 12.4. The van der Waals surface area contributed by atoms with E-state index in [0.29, 0.717) is 11.0 Å². The summed E-state index contributed by atoms with van der Waals surface area (Å²) in [4.78, 5) is 41.0. The Kier molecular flexibility index (Phi) is 5.88. The van der Waals surface area contributed by atoms with Gasteiger partial charge in [0.25, 0.3) is 5.91 Å². The van der Waals surface area contributed by atoms with Crippen molar-refractivity contribution in [3.05, 3.63) is 73.5 Å². The predicted molar refractivity (Wildman–Crippen MR) is 120 cm³/mol. The minimum Gasteiger partial charge on any atom is -0.422 e. The molecule has 3 aromatic rings. The molecule has 0 radical (unpaired) electrons. The van der Waals surface area contributed by atoms with Crippen molar-refractivity contribution in [2.45, 2.75) is 11.7 Å². The highest BCUT2D eigenvalue weighted by atomic mass is 35.5. The smallest absolute Gasteiger partial charge is 0.346 e. The van der Waals surface area contributed by atoms with E-state index in [9.17, 15) is 14.4 Å². The highest BCUT2D eigenvalue weighted by Crippen LogP contribution is 2.33. The minimum absolute atomic E-state index is 0.161. The fourth-order valence-corrected chi connectivity index (χ4v) is 4.50. The molecule has 1 aliphatic rings. The summed E-state index contributed by atoms with van der Waals surface area (Å²) in [6, 6.07) is 11.5. The number of hydrogen-bond acceptors (Lipinski definition) is 5.